The van der Waals surface area contributed by atoms with E-state index in [0.717, 1.165) is 0 Å². The van der Waals surface area contributed by atoms with Gasteiger partial charge in [-0.1, -0.05) is 11.6 Å². The molecule has 0 saturated carbocycles. The van der Waals surface area contributed by atoms with Gasteiger partial charge in [0.25, 0.3) is 5.56 Å². The van der Waals surface area contributed by atoms with Gasteiger partial charge in [-0.05, 0) is 30.7 Å². The molecule has 2 heterocycles. The fourth-order valence-electron chi connectivity index (χ4n) is 2.84. The van der Waals surface area contributed by atoms with E-state index >= 15 is 0 Å². The van der Waals surface area contributed by atoms with Gasteiger partial charge in [0.2, 0.25) is 17.8 Å². The van der Waals surface area contributed by atoms with Gasteiger partial charge in [0.05, 0.1) is 18.1 Å². The van der Waals surface area contributed by atoms with Crippen LogP contribution in [-0.4, -0.2) is 42.0 Å². The van der Waals surface area contributed by atoms with Crippen LogP contribution in [-0.2, 0) is 20.7 Å². The molecule has 9 nitrogen and oxygen atoms in total. The van der Waals surface area contributed by atoms with E-state index < -0.39 is 5.92 Å². The Bertz CT molecular complexity index is 929. The van der Waals surface area contributed by atoms with Crippen LogP contribution in [0.4, 0.5) is 17.5 Å². The number of nitrogens with one attached hydrogen (secondary N) is 4. The maximum absolute atomic E-state index is 12.4. The molecule has 28 heavy (non-hydrogen) atoms. The number of methoxy groups -OCH3 is 1. The lowest BCUT2D eigenvalue weighted by Crippen LogP contribution is -2.37. The van der Waals surface area contributed by atoms with Gasteiger partial charge in [-0.15, -0.1) is 0 Å². The van der Waals surface area contributed by atoms with Gasteiger partial charge < -0.3 is 20.7 Å². The molecular weight excluding hydrogens is 386 g/mol. The van der Waals surface area contributed by atoms with Crippen LogP contribution >= 0.6 is 11.6 Å². The van der Waals surface area contributed by atoms with Crippen LogP contribution in [0.25, 0.3) is 0 Å². The average molecular weight is 406 g/mol. The summed E-state index contributed by atoms with van der Waals surface area (Å²) in [5, 5.41) is 8.80. The van der Waals surface area contributed by atoms with Crippen molar-refractivity contribution in [3.8, 4) is 0 Å². The van der Waals surface area contributed by atoms with Crippen molar-refractivity contribution in [3.05, 3.63) is 45.2 Å². The molecule has 1 unspecified atom stereocenters. The van der Waals surface area contributed by atoms with Crippen molar-refractivity contribution < 1.29 is 14.3 Å². The van der Waals surface area contributed by atoms with Crippen molar-refractivity contribution in [3.63, 3.8) is 0 Å². The number of anilines is 3. The average Bonchev–Trinajstić information content (AvgIpc) is 2.65. The maximum atomic E-state index is 12.4. The third-order valence-corrected chi connectivity index (χ3v) is 4.49. The van der Waals surface area contributed by atoms with E-state index in [1.165, 1.54) is 0 Å². The highest BCUT2D eigenvalue weighted by atomic mass is 35.5. The third kappa shape index (κ3) is 4.87. The number of aromatic amines is 1. The molecule has 10 heteroatoms. The number of carbonyl (C=O) groups is 2. The van der Waals surface area contributed by atoms with Gasteiger partial charge in [0.1, 0.15) is 5.82 Å². The predicted octanol–water partition coefficient (Wildman–Crippen LogP) is 1.62. The monoisotopic (exact) mass is 405 g/mol. The van der Waals surface area contributed by atoms with E-state index in [4.69, 9.17) is 16.3 Å². The van der Waals surface area contributed by atoms with Crippen molar-refractivity contribution in [1.82, 2.24) is 9.97 Å². The second-order valence-corrected chi connectivity index (χ2v) is 6.75. The van der Waals surface area contributed by atoms with Crippen molar-refractivity contribution in [2.45, 2.75) is 12.8 Å². The molecular formula is C18H20ClN5O4. The molecule has 1 aromatic heterocycles. The number of carbonyl (C=O) groups excluding carboxylic acids is 2. The molecule has 1 aromatic carbocycles. The molecule has 1 atom stereocenters. The Morgan fingerprint density at radius 2 is 2.07 bits per heavy atom. The van der Waals surface area contributed by atoms with Crippen molar-refractivity contribution in [2.24, 2.45) is 5.92 Å². The standard InChI is InChI=1S/C18H20ClN5O4/c1-28-7-6-20-18-23-15-13(17(27)24-18)8-10(16(26)22-15)9-14(25)21-12-4-2-11(19)3-5-12/h2-5,10H,6-9H2,1H3,(H,21,25)(H3,20,22,23,24,26,27). The summed E-state index contributed by atoms with van der Waals surface area (Å²) in [6.07, 6.45) is 0.0804. The highest BCUT2D eigenvalue weighted by molar-refractivity contribution is 6.30. The summed E-state index contributed by atoms with van der Waals surface area (Å²) in [5.74, 6) is -0.870. The Morgan fingerprint density at radius 1 is 1.32 bits per heavy atom. The topological polar surface area (TPSA) is 125 Å². The van der Waals surface area contributed by atoms with Crippen molar-refractivity contribution in [2.75, 3.05) is 36.2 Å². The summed E-state index contributed by atoms with van der Waals surface area (Å²) in [5.41, 5.74) is 0.575. The van der Waals surface area contributed by atoms with E-state index in [2.05, 4.69) is 25.9 Å². The highest BCUT2D eigenvalue weighted by Gasteiger charge is 2.31. The summed E-state index contributed by atoms with van der Waals surface area (Å²) in [6.45, 7) is 0.900. The summed E-state index contributed by atoms with van der Waals surface area (Å²) in [7, 11) is 1.56. The molecule has 4 N–H and O–H groups in total. The zero-order valence-electron chi connectivity index (χ0n) is 15.2. The zero-order chi connectivity index (χ0) is 20.1. The van der Waals surface area contributed by atoms with Gasteiger partial charge in [-0.3, -0.25) is 19.4 Å². The summed E-state index contributed by atoms with van der Waals surface area (Å²) in [4.78, 5) is 43.8. The van der Waals surface area contributed by atoms with Gasteiger partial charge in [0, 0.05) is 30.8 Å². The largest absolute Gasteiger partial charge is 0.383 e. The Morgan fingerprint density at radius 3 is 2.79 bits per heavy atom. The number of ether oxygens (including phenoxy) is 1. The second-order valence-electron chi connectivity index (χ2n) is 6.31. The number of H-pyrrole nitrogens is 1. The number of hydrogen-bond acceptors (Lipinski definition) is 6. The molecule has 2 aromatic rings. The third-order valence-electron chi connectivity index (χ3n) is 4.24. The van der Waals surface area contributed by atoms with Gasteiger partial charge in [0.15, 0.2) is 0 Å². The van der Waals surface area contributed by atoms with Crippen LogP contribution in [0.15, 0.2) is 29.1 Å². The quantitative estimate of drug-likeness (QED) is 0.519. The number of benzene rings is 1. The molecule has 0 aliphatic carbocycles. The molecule has 0 radical (unpaired) electrons. The molecule has 0 saturated heterocycles. The molecule has 148 valence electrons. The molecule has 1 aliphatic heterocycles. The first kappa shape index (κ1) is 19.8. The first-order valence-corrected chi connectivity index (χ1v) is 9.06. The van der Waals surface area contributed by atoms with Gasteiger partial charge in [-0.2, -0.15) is 4.98 Å². The lowest BCUT2D eigenvalue weighted by molar-refractivity contribution is -0.125. The fourth-order valence-corrected chi connectivity index (χ4v) is 2.96. The number of nitrogens with zero attached hydrogens (tertiary/aromatic N) is 1. The molecule has 0 fully saturated rings. The molecule has 2 amide bonds. The lowest BCUT2D eigenvalue weighted by atomic mass is 9.92. The first-order valence-electron chi connectivity index (χ1n) is 8.68. The zero-order valence-corrected chi connectivity index (χ0v) is 15.9. The predicted molar refractivity (Wildman–Crippen MR) is 106 cm³/mol. The van der Waals surface area contributed by atoms with E-state index in [1.54, 1.807) is 31.4 Å². The number of aromatic nitrogens is 2. The SMILES string of the molecule is COCCNc1nc2c(c(=O)[nH]1)CC(CC(=O)Nc1ccc(Cl)cc1)C(=O)N2. The minimum absolute atomic E-state index is 0.0544. The van der Waals surface area contributed by atoms with E-state index in [-0.39, 0.29) is 42.0 Å². The Labute approximate surface area is 165 Å². The molecule has 0 bridgehead atoms. The Hall–Kier alpha value is -2.91. The van der Waals surface area contributed by atoms with Crippen molar-refractivity contribution in [1.29, 1.82) is 0 Å². The summed E-state index contributed by atoms with van der Waals surface area (Å²) >= 11 is 5.82. The normalized spacial score (nSPS) is 15.5. The van der Waals surface area contributed by atoms with Crippen LogP contribution in [0.2, 0.25) is 5.02 Å². The summed E-state index contributed by atoms with van der Waals surface area (Å²) in [6, 6.07) is 6.65. The smallest absolute Gasteiger partial charge is 0.257 e. The van der Waals surface area contributed by atoms with Crippen LogP contribution in [0.3, 0.4) is 0 Å². The van der Waals surface area contributed by atoms with E-state index in [9.17, 15) is 14.4 Å². The van der Waals surface area contributed by atoms with E-state index in [1.807, 2.05) is 0 Å². The van der Waals surface area contributed by atoms with Crippen LogP contribution in [0, 0.1) is 5.92 Å². The number of rotatable bonds is 7. The highest BCUT2D eigenvalue weighted by Crippen LogP contribution is 2.24. The first-order chi connectivity index (χ1) is 13.5. The number of halogens is 1. The maximum Gasteiger partial charge on any atom is 0.257 e. The molecule has 0 spiro atoms. The Kier molecular flexibility index (Phi) is 6.27. The fraction of sp³-hybridized carbons (Fsp3) is 0.333. The minimum Gasteiger partial charge on any atom is -0.383 e. The number of hydrogen-bond donors (Lipinski definition) is 4. The summed E-state index contributed by atoms with van der Waals surface area (Å²) < 4.78 is 4.93. The second kappa shape index (κ2) is 8.85. The minimum atomic E-state index is -0.657. The van der Waals surface area contributed by atoms with Gasteiger partial charge in [-0.25, -0.2) is 0 Å². The van der Waals surface area contributed by atoms with Crippen LogP contribution in [0.1, 0.15) is 12.0 Å². The number of amides is 2. The Balaban J connectivity index is 1.66. The number of fused-ring (bicyclic) bond motifs is 1. The van der Waals surface area contributed by atoms with Crippen molar-refractivity contribution >= 4 is 40.9 Å². The van der Waals surface area contributed by atoms with E-state index in [0.29, 0.717) is 29.4 Å². The van der Waals surface area contributed by atoms with Gasteiger partial charge >= 0.3 is 0 Å². The lowest BCUT2D eigenvalue weighted by Gasteiger charge is -2.23. The van der Waals surface area contributed by atoms with Crippen LogP contribution < -0.4 is 21.5 Å². The molecule has 1 aliphatic rings. The molecule has 3 rings (SSSR count). The van der Waals surface area contributed by atoms with Crippen LogP contribution in [0.5, 0.6) is 0 Å².